The second-order valence-electron chi connectivity index (χ2n) is 6.07. The number of ether oxygens (including phenoxy) is 1. The topological polar surface area (TPSA) is 71.7 Å². The standard InChI is InChI=1S/C17H22N4O3/c1-20(2)17(22)13-8-6-10-21(13)11-15-18-16(19-24-15)12-7-4-5-9-14(12)23-3/h4-5,7,9,13H,6,8,10-11H2,1-3H3. The van der Waals surface area contributed by atoms with E-state index in [1.54, 1.807) is 26.1 Å². The maximum absolute atomic E-state index is 12.3. The van der Waals surface area contributed by atoms with Gasteiger partial charge in [-0.3, -0.25) is 9.69 Å². The Kier molecular flexibility index (Phi) is 4.80. The number of hydrogen-bond donors (Lipinski definition) is 0. The first-order chi connectivity index (χ1) is 11.6. The number of carbonyl (C=O) groups excluding carboxylic acids is 1. The maximum atomic E-state index is 12.3. The van der Waals surface area contributed by atoms with Gasteiger partial charge in [0.1, 0.15) is 5.75 Å². The minimum absolute atomic E-state index is 0.110. The van der Waals surface area contributed by atoms with E-state index in [2.05, 4.69) is 15.0 Å². The van der Waals surface area contributed by atoms with Crippen molar-refractivity contribution in [3.63, 3.8) is 0 Å². The van der Waals surface area contributed by atoms with Gasteiger partial charge >= 0.3 is 0 Å². The maximum Gasteiger partial charge on any atom is 0.241 e. The molecule has 7 nitrogen and oxygen atoms in total. The molecule has 7 heteroatoms. The molecule has 0 bridgehead atoms. The Morgan fingerprint density at radius 1 is 1.42 bits per heavy atom. The molecule has 0 spiro atoms. The molecule has 1 aliphatic heterocycles. The number of para-hydroxylation sites is 1. The summed E-state index contributed by atoms with van der Waals surface area (Å²) in [6.07, 6.45) is 1.86. The van der Waals surface area contributed by atoms with Crippen molar-refractivity contribution in [3.05, 3.63) is 30.2 Å². The molecule has 1 amide bonds. The van der Waals surface area contributed by atoms with E-state index in [1.165, 1.54) is 0 Å². The van der Waals surface area contributed by atoms with Crippen molar-refractivity contribution in [2.45, 2.75) is 25.4 Å². The largest absolute Gasteiger partial charge is 0.496 e. The Hall–Kier alpha value is -2.41. The van der Waals surface area contributed by atoms with Crippen LogP contribution in [-0.4, -0.2) is 59.6 Å². The predicted octanol–water partition coefficient (Wildman–Crippen LogP) is 1.80. The summed E-state index contributed by atoms with van der Waals surface area (Å²) < 4.78 is 10.7. The molecule has 2 heterocycles. The summed E-state index contributed by atoms with van der Waals surface area (Å²) >= 11 is 0. The van der Waals surface area contributed by atoms with E-state index in [9.17, 15) is 4.79 Å². The molecule has 1 atom stereocenters. The van der Waals surface area contributed by atoms with Crippen LogP contribution in [0.25, 0.3) is 11.4 Å². The van der Waals surface area contributed by atoms with E-state index >= 15 is 0 Å². The fourth-order valence-electron chi connectivity index (χ4n) is 3.02. The summed E-state index contributed by atoms with van der Waals surface area (Å²) in [7, 11) is 5.18. The quantitative estimate of drug-likeness (QED) is 0.832. The summed E-state index contributed by atoms with van der Waals surface area (Å²) in [5.74, 6) is 1.83. The van der Waals surface area contributed by atoms with Crippen LogP contribution in [0.3, 0.4) is 0 Å². The number of methoxy groups -OCH3 is 1. The molecule has 0 aliphatic carbocycles. The lowest BCUT2D eigenvalue weighted by molar-refractivity contribution is -0.133. The summed E-state index contributed by atoms with van der Waals surface area (Å²) in [6, 6.07) is 7.44. The number of likely N-dealkylation sites (N-methyl/N-ethyl adjacent to an activating group) is 1. The lowest BCUT2D eigenvalue weighted by atomic mass is 10.2. The summed E-state index contributed by atoms with van der Waals surface area (Å²) in [5, 5.41) is 4.05. The van der Waals surface area contributed by atoms with Crippen molar-refractivity contribution in [2.24, 2.45) is 0 Å². The van der Waals surface area contributed by atoms with E-state index < -0.39 is 0 Å². The highest BCUT2D eigenvalue weighted by Gasteiger charge is 2.32. The third-order valence-corrected chi connectivity index (χ3v) is 4.24. The SMILES string of the molecule is COc1ccccc1-c1noc(CN2CCCC2C(=O)N(C)C)n1. The van der Waals surface area contributed by atoms with Crippen LogP contribution >= 0.6 is 0 Å². The summed E-state index contributed by atoms with van der Waals surface area (Å²) in [5.41, 5.74) is 0.789. The predicted molar refractivity (Wildman–Crippen MR) is 88.4 cm³/mol. The van der Waals surface area contributed by atoms with Gasteiger partial charge in [0.05, 0.1) is 25.3 Å². The molecule has 3 rings (SSSR count). The van der Waals surface area contributed by atoms with E-state index in [0.29, 0.717) is 24.0 Å². The summed E-state index contributed by atoms with van der Waals surface area (Å²) in [4.78, 5) is 20.5. The minimum Gasteiger partial charge on any atom is -0.496 e. The zero-order valence-electron chi connectivity index (χ0n) is 14.2. The van der Waals surface area contributed by atoms with Crippen molar-refractivity contribution in [1.82, 2.24) is 19.9 Å². The van der Waals surface area contributed by atoms with Crippen LogP contribution in [0.15, 0.2) is 28.8 Å². The molecular weight excluding hydrogens is 308 g/mol. The Bertz CT molecular complexity index is 713. The van der Waals surface area contributed by atoms with Crippen molar-refractivity contribution in [2.75, 3.05) is 27.7 Å². The lowest BCUT2D eigenvalue weighted by Crippen LogP contribution is -2.42. The molecule has 0 saturated carbocycles. The fourth-order valence-corrected chi connectivity index (χ4v) is 3.02. The average Bonchev–Trinajstić information content (AvgIpc) is 3.24. The van der Waals surface area contributed by atoms with Crippen molar-refractivity contribution in [3.8, 4) is 17.1 Å². The Morgan fingerprint density at radius 3 is 2.96 bits per heavy atom. The zero-order valence-corrected chi connectivity index (χ0v) is 14.2. The van der Waals surface area contributed by atoms with Gasteiger partial charge in [0.2, 0.25) is 17.6 Å². The number of carbonyl (C=O) groups is 1. The van der Waals surface area contributed by atoms with E-state index in [0.717, 1.165) is 24.9 Å². The molecule has 2 aromatic rings. The molecule has 1 saturated heterocycles. The van der Waals surface area contributed by atoms with E-state index in [4.69, 9.17) is 9.26 Å². The first kappa shape index (κ1) is 16.4. The normalized spacial score (nSPS) is 17.9. The number of aromatic nitrogens is 2. The van der Waals surface area contributed by atoms with Crippen LogP contribution < -0.4 is 4.74 Å². The molecule has 24 heavy (non-hydrogen) atoms. The second kappa shape index (κ2) is 7.00. The van der Waals surface area contributed by atoms with Gasteiger partial charge in [0, 0.05) is 14.1 Å². The molecule has 0 N–H and O–H groups in total. The Balaban J connectivity index is 1.75. The molecule has 1 aliphatic rings. The third kappa shape index (κ3) is 3.26. The smallest absolute Gasteiger partial charge is 0.241 e. The van der Waals surface area contributed by atoms with Gasteiger partial charge in [-0.15, -0.1) is 0 Å². The number of likely N-dealkylation sites (tertiary alicyclic amines) is 1. The third-order valence-electron chi connectivity index (χ3n) is 4.24. The molecule has 1 aromatic carbocycles. The van der Waals surface area contributed by atoms with Crippen LogP contribution in [0.2, 0.25) is 0 Å². The van der Waals surface area contributed by atoms with Crippen LogP contribution in [0, 0.1) is 0 Å². The van der Waals surface area contributed by atoms with Gasteiger partial charge in [-0.2, -0.15) is 4.98 Å². The van der Waals surface area contributed by atoms with Crippen molar-refractivity contribution < 1.29 is 14.1 Å². The van der Waals surface area contributed by atoms with Crippen LogP contribution in [-0.2, 0) is 11.3 Å². The first-order valence-corrected chi connectivity index (χ1v) is 8.01. The van der Waals surface area contributed by atoms with Gasteiger partial charge in [0.15, 0.2) is 0 Å². The second-order valence-corrected chi connectivity index (χ2v) is 6.07. The average molecular weight is 330 g/mol. The zero-order chi connectivity index (χ0) is 17.1. The number of nitrogens with zero attached hydrogens (tertiary/aromatic N) is 4. The minimum atomic E-state index is -0.110. The number of benzene rings is 1. The molecule has 0 radical (unpaired) electrons. The molecule has 1 fully saturated rings. The van der Waals surface area contributed by atoms with Crippen LogP contribution in [0.1, 0.15) is 18.7 Å². The number of amides is 1. The molecular formula is C17H22N4O3. The monoisotopic (exact) mass is 330 g/mol. The Morgan fingerprint density at radius 2 is 2.21 bits per heavy atom. The number of rotatable bonds is 5. The van der Waals surface area contributed by atoms with Gasteiger partial charge in [-0.1, -0.05) is 17.3 Å². The van der Waals surface area contributed by atoms with E-state index in [1.807, 2.05) is 24.3 Å². The van der Waals surface area contributed by atoms with Gasteiger partial charge in [-0.05, 0) is 31.5 Å². The molecule has 128 valence electrons. The fraction of sp³-hybridized carbons (Fsp3) is 0.471. The lowest BCUT2D eigenvalue weighted by Gasteiger charge is -2.24. The van der Waals surface area contributed by atoms with Gasteiger partial charge in [0.25, 0.3) is 0 Å². The Labute approximate surface area is 141 Å². The van der Waals surface area contributed by atoms with Gasteiger partial charge < -0.3 is 14.2 Å². The first-order valence-electron chi connectivity index (χ1n) is 8.01. The highest BCUT2D eigenvalue weighted by molar-refractivity contribution is 5.81. The van der Waals surface area contributed by atoms with Crippen molar-refractivity contribution in [1.29, 1.82) is 0 Å². The highest BCUT2D eigenvalue weighted by Crippen LogP contribution is 2.28. The van der Waals surface area contributed by atoms with Crippen LogP contribution in [0.4, 0.5) is 0 Å². The summed E-state index contributed by atoms with van der Waals surface area (Å²) in [6.45, 7) is 1.34. The number of hydrogen-bond acceptors (Lipinski definition) is 6. The van der Waals surface area contributed by atoms with E-state index in [-0.39, 0.29) is 11.9 Å². The molecule has 1 aromatic heterocycles. The van der Waals surface area contributed by atoms with Crippen molar-refractivity contribution >= 4 is 5.91 Å². The molecule has 1 unspecified atom stereocenters. The highest BCUT2D eigenvalue weighted by atomic mass is 16.5. The van der Waals surface area contributed by atoms with Gasteiger partial charge in [-0.25, -0.2) is 0 Å². The van der Waals surface area contributed by atoms with Crippen LogP contribution in [0.5, 0.6) is 5.75 Å².